The lowest BCUT2D eigenvalue weighted by atomic mass is 10.2. The molecule has 0 saturated heterocycles. The Morgan fingerprint density at radius 1 is 1.09 bits per heavy atom. The van der Waals surface area contributed by atoms with Crippen LogP contribution in [0.3, 0.4) is 0 Å². The average Bonchev–Trinajstić information content (AvgIpc) is 3.23. The molecule has 162 valence electrons. The van der Waals surface area contributed by atoms with E-state index in [1.165, 1.54) is 23.9 Å². The van der Waals surface area contributed by atoms with Crippen LogP contribution in [0.25, 0.3) is 17.1 Å². The monoisotopic (exact) mass is 449 g/mol. The summed E-state index contributed by atoms with van der Waals surface area (Å²) in [6.07, 6.45) is 3.37. The third kappa shape index (κ3) is 4.94. The summed E-state index contributed by atoms with van der Waals surface area (Å²) in [5, 5.41) is 11.9. The maximum absolute atomic E-state index is 13.4. The standard InChI is InChI=1S/C23H20FN5O2S/c1-2-31-20-9-4-3-8-19(20)29-22(16-10-12-25-13-11-16)27-28-23(29)32-15-21(30)26-18-7-5-6-17(24)14-18/h3-14H,2,15H2,1H3,(H,26,30). The molecule has 0 bridgehead atoms. The number of hydrogen-bond acceptors (Lipinski definition) is 6. The Hall–Kier alpha value is -3.72. The van der Waals surface area contributed by atoms with Crippen LogP contribution in [0.1, 0.15) is 6.92 Å². The maximum atomic E-state index is 13.4. The third-order valence-corrected chi connectivity index (χ3v) is 5.35. The summed E-state index contributed by atoms with van der Waals surface area (Å²) in [6.45, 7) is 2.42. The summed E-state index contributed by atoms with van der Waals surface area (Å²) in [5.41, 5.74) is 1.99. The number of benzene rings is 2. The highest BCUT2D eigenvalue weighted by Crippen LogP contribution is 2.32. The lowest BCUT2D eigenvalue weighted by Gasteiger charge is -2.14. The van der Waals surface area contributed by atoms with Crippen molar-refractivity contribution in [3.05, 3.63) is 78.9 Å². The van der Waals surface area contributed by atoms with E-state index >= 15 is 0 Å². The molecular formula is C23H20FN5O2S. The van der Waals surface area contributed by atoms with E-state index in [0.29, 0.717) is 29.0 Å². The molecule has 2 aromatic carbocycles. The van der Waals surface area contributed by atoms with Crippen molar-refractivity contribution in [3.8, 4) is 22.8 Å². The normalized spacial score (nSPS) is 10.7. The Kier molecular flexibility index (Phi) is 6.76. The van der Waals surface area contributed by atoms with Gasteiger partial charge in [0, 0.05) is 23.6 Å². The van der Waals surface area contributed by atoms with Gasteiger partial charge in [-0.05, 0) is 49.4 Å². The molecule has 0 fully saturated rings. The quantitative estimate of drug-likeness (QED) is 0.396. The number of hydrogen-bond donors (Lipinski definition) is 1. The number of aromatic nitrogens is 4. The van der Waals surface area contributed by atoms with E-state index in [1.54, 1.807) is 24.5 Å². The molecule has 2 aromatic heterocycles. The van der Waals surface area contributed by atoms with Gasteiger partial charge in [0.1, 0.15) is 11.6 Å². The van der Waals surface area contributed by atoms with Crippen LogP contribution in [0.2, 0.25) is 0 Å². The van der Waals surface area contributed by atoms with Crippen LogP contribution in [0, 0.1) is 5.82 Å². The number of carbonyl (C=O) groups excluding carboxylic acids is 1. The van der Waals surface area contributed by atoms with E-state index in [9.17, 15) is 9.18 Å². The largest absolute Gasteiger partial charge is 0.492 e. The highest BCUT2D eigenvalue weighted by Gasteiger charge is 2.20. The van der Waals surface area contributed by atoms with Crippen molar-refractivity contribution in [2.75, 3.05) is 17.7 Å². The molecule has 0 aliphatic carbocycles. The van der Waals surface area contributed by atoms with Gasteiger partial charge >= 0.3 is 0 Å². The van der Waals surface area contributed by atoms with Crippen LogP contribution in [-0.4, -0.2) is 38.0 Å². The number of pyridine rings is 1. The first-order chi connectivity index (χ1) is 15.7. The Morgan fingerprint density at radius 3 is 2.69 bits per heavy atom. The second-order valence-electron chi connectivity index (χ2n) is 6.63. The van der Waals surface area contributed by atoms with Gasteiger partial charge in [-0.3, -0.25) is 14.3 Å². The number of nitrogens with one attached hydrogen (secondary N) is 1. The van der Waals surface area contributed by atoms with Gasteiger partial charge in [0.2, 0.25) is 5.91 Å². The Labute approximate surface area is 188 Å². The van der Waals surface area contributed by atoms with Gasteiger partial charge in [0.15, 0.2) is 11.0 Å². The highest BCUT2D eigenvalue weighted by molar-refractivity contribution is 7.99. The van der Waals surface area contributed by atoms with Gasteiger partial charge in [0.05, 0.1) is 18.0 Å². The molecular weight excluding hydrogens is 429 g/mol. The van der Waals surface area contributed by atoms with E-state index in [4.69, 9.17) is 4.74 Å². The van der Waals surface area contributed by atoms with Crippen molar-refractivity contribution in [3.63, 3.8) is 0 Å². The zero-order chi connectivity index (χ0) is 22.3. The number of halogens is 1. The van der Waals surface area contributed by atoms with Crippen molar-refractivity contribution in [2.45, 2.75) is 12.1 Å². The highest BCUT2D eigenvalue weighted by atomic mass is 32.2. The number of rotatable bonds is 8. The molecule has 0 saturated carbocycles. The van der Waals surface area contributed by atoms with Gasteiger partial charge in [0.25, 0.3) is 0 Å². The van der Waals surface area contributed by atoms with Crippen molar-refractivity contribution in [1.29, 1.82) is 0 Å². The summed E-state index contributed by atoms with van der Waals surface area (Å²) in [6, 6.07) is 17.0. The fourth-order valence-corrected chi connectivity index (χ4v) is 3.83. The molecule has 4 rings (SSSR count). The van der Waals surface area contributed by atoms with Crippen LogP contribution in [0.15, 0.2) is 78.2 Å². The molecule has 1 amide bonds. The van der Waals surface area contributed by atoms with E-state index in [2.05, 4.69) is 20.5 Å². The van der Waals surface area contributed by atoms with Crippen molar-refractivity contribution >= 4 is 23.4 Å². The molecule has 32 heavy (non-hydrogen) atoms. The first kappa shape index (κ1) is 21.5. The van der Waals surface area contributed by atoms with Crippen molar-refractivity contribution in [2.24, 2.45) is 0 Å². The number of nitrogens with zero attached hydrogens (tertiary/aromatic N) is 4. The number of anilines is 1. The summed E-state index contributed by atoms with van der Waals surface area (Å²) in [4.78, 5) is 16.5. The molecule has 0 aliphatic rings. The summed E-state index contributed by atoms with van der Waals surface area (Å²) in [7, 11) is 0. The fraction of sp³-hybridized carbons (Fsp3) is 0.130. The molecule has 0 unspecified atom stereocenters. The average molecular weight is 450 g/mol. The second kappa shape index (κ2) is 10.1. The van der Waals surface area contributed by atoms with E-state index < -0.39 is 5.82 Å². The molecule has 1 N–H and O–H groups in total. The lowest BCUT2D eigenvalue weighted by molar-refractivity contribution is -0.113. The summed E-state index contributed by atoms with van der Waals surface area (Å²) < 4.78 is 21.1. The summed E-state index contributed by atoms with van der Waals surface area (Å²) in [5.74, 6) is 0.661. The zero-order valence-corrected chi connectivity index (χ0v) is 18.1. The smallest absolute Gasteiger partial charge is 0.234 e. The fourth-order valence-electron chi connectivity index (χ4n) is 3.08. The maximum Gasteiger partial charge on any atom is 0.234 e. The molecule has 0 atom stereocenters. The minimum absolute atomic E-state index is 0.0712. The molecule has 0 spiro atoms. The van der Waals surface area contributed by atoms with Crippen LogP contribution in [0.5, 0.6) is 5.75 Å². The van der Waals surface area contributed by atoms with Crippen molar-refractivity contribution in [1.82, 2.24) is 19.7 Å². The minimum atomic E-state index is -0.412. The van der Waals surface area contributed by atoms with E-state index in [1.807, 2.05) is 47.9 Å². The Bertz CT molecular complexity index is 1220. The Morgan fingerprint density at radius 2 is 1.91 bits per heavy atom. The predicted octanol–water partition coefficient (Wildman–Crippen LogP) is 4.60. The third-order valence-electron chi connectivity index (χ3n) is 4.42. The number of carbonyl (C=O) groups is 1. The van der Waals surface area contributed by atoms with Gasteiger partial charge in [-0.15, -0.1) is 10.2 Å². The van der Waals surface area contributed by atoms with Crippen LogP contribution >= 0.6 is 11.8 Å². The number of amides is 1. The molecule has 0 aliphatic heterocycles. The molecule has 7 nitrogen and oxygen atoms in total. The first-order valence-corrected chi connectivity index (χ1v) is 10.9. The number of thioether (sulfide) groups is 1. The summed E-state index contributed by atoms with van der Waals surface area (Å²) >= 11 is 1.23. The van der Waals surface area contributed by atoms with Crippen LogP contribution < -0.4 is 10.1 Å². The van der Waals surface area contributed by atoms with Crippen LogP contribution in [0.4, 0.5) is 10.1 Å². The van der Waals surface area contributed by atoms with Gasteiger partial charge < -0.3 is 10.1 Å². The number of ether oxygens (including phenoxy) is 1. The SMILES string of the molecule is CCOc1ccccc1-n1c(SCC(=O)Nc2cccc(F)c2)nnc1-c1ccncc1. The Balaban J connectivity index is 1.64. The molecule has 9 heteroatoms. The van der Waals surface area contributed by atoms with Crippen LogP contribution in [-0.2, 0) is 4.79 Å². The second-order valence-corrected chi connectivity index (χ2v) is 7.57. The van der Waals surface area contributed by atoms with Gasteiger partial charge in [-0.2, -0.15) is 0 Å². The molecule has 4 aromatic rings. The lowest BCUT2D eigenvalue weighted by Crippen LogP contribution is -2.14. The predicted molar refractivity (Wildman–Crippen MR) is 122 cm³/mol. The van der Waals surface area contributed by atoms with Gasteiger partial charge in [-0.1, -0.05) is 30.0 Å². The van der Waals surface area contributed by atoms with E-state index in [0.717, 1.165) is 11.3 Å². The topological polar surface area (TPSA) is 81.9 Å². The molecule has 2 heterocycles. The van der Waals surface area contributed by atoms with Crippen molar-refractivity contribution < 1.29 is 13.9 Å². The number of para-hydroxylation sites is 2. The zero-order valence-electron chi connectivity index (χ0n) is 17.2. The first-order valence-electron chi connectivity index (χ1n) is 9.92. The molecule has 0 radical (unpaired) electrons. The minimum Gasteiger partial charge on any atom is -0.492 e. The van der Waals surface area contributed by atoms with Gasteiger partial charge in [-0.25, -0.2) is 4.39 Å². The van der Waals surface area contributed by atoms with E-state index in [-0.39, 0.29) is 11.7 Å².